The van der Waals surface area contributed by atoms with Crippen molar-refractivity contribution in [1.82, 2.24) is 4.90 Å². The largest absolute Gasteiger partial charge is 0.396 e. The number of aliphatic hydroxyl groups excluding tert-OH is 1. The maximum absolute atomic E-state index is 8.81. The summed E-state index contributed by atoms with van der Waals surface area (Å²) in [5.41, 5.74) is 0. The van der Waals surface area contributed by atoms with E-state index in [1.165, 1.54) is 12.8 Å². The van der Waals surface area contributed by atoms with E-state index >= 15 is 0 Å². The van der Waals surface area contributed by atoms with Crippen LogP contribution in [0.2, 0.25) is 0 Å². The molecule has 0 aromatic carbocycles. The summed E-state index contributed by atoms with van der Waals surface area (Å²) in [7, 11) is 0. The maximum atomic E-state index is 8.81. The van der Waals surface area contributed by atoms with Gasteiger partial charge in [0, 0.05) is 12.6 Å². The second-order valence-electron chi connectivity index (χ2n) is 3.40. The van der Waals surface area contributed by atoms with Gasteiger partial charge in [-0.2, -0.15) is 0 Å². The van der Waals surface area contributed by atoms with Gasteiger partial charge in [-0.05, 0) is 31.8 Å². The molecule has 0 bridgehead atoms. The number of hydrogen-bond donors (Lipinski definition) is 1. The third kappa shape index (κ3) is 1.94. The minimum Gasteiger partial charge on any atom is -0.396 e. The molecule has 0 radical (unpaired) electrons. The Morgan fingerprint density at radius 1 is 1.27 bits per heavy atom. The van der Waals surface area contributed by atoms with Gasteiger partial charge >= 0.3 is 0 Å². The van der Waals surface area contributed by atoms with Crippen molar-refractivity contribution >= 4 is 0 Å². The first kappa shape index (κ1) is 9.01. The number of nitrogens with zero attached hydrogens (tertiary/aromatic N) is 1. The zero-order valence-corrected chi connectivity index (χ0v) is 7.58. The maximum Gasteiger partial charge on any atom is 0.0460 e. The molecule has 2 nitrogen and oxygen atoms in total. The van der Waals surface area contributed by atoms with Gasteiger partial charge in [0.05, 0.1) is 0 Å². The summed E-state index contributed by atoms with van der Waals surface area (Å²) in [6.45, 7) is 7.10. The van der Waals surface area contributed by atoms with E-state index < -0.39 is 0 Å². The Hall–Kier alpha value is -0.0800. The summed E-state index contributed by atoms with van der Waals surface area (Å²) in [5.74, 6) is 0.598. The molecule has 1 N–H and O–H groups in total. The lowest BCUT2D eigenvalue weighted by atomic mass is 9.80. The van der Waals surface area contributed by atoms with Gasteiger partial charge in [0.2, 0.25) is 0 Å². The molecule has 66 valence electrons. The van der Waals surface area contributed by atoms with Crippen molar-refractivity contribution in [3.63, 3.8) is 0 Å². The molecule has 0 spiro atoms. The second-order valence-corrected chi connectivity index (χ2v) is 3.40. The first-order valence-corrected chi connectivity index (χ1v) is 4.66. The van der Waals surface area contributed by atoms with Crippen LogP contribution in [0.5, 0.6) is 0 Å². The standard InChI is InChI=1S/C9H19NO/c1-3-10(4-2)9-5-8(6-9)7-11/h8-9,11H,3-7H2,1-2H3/t8-,9+. The van der Waals surface area contributed by atoms with Gasteiger partial charge in [-0.15, -0.1) is 0 Å². The molecule has 0 aliphatic heterocycles. The summed E-state index contributed by atoms with van der Waals surface area (Å²) < 4.78 is 0. The highest BCUT2D eigenvalue weighted by molar-refractivity contribution is 4.85. The molecule has 0 unspecified atom stereocenters. The molecule has 0 heterocycles. The summed E-state index contributed by atoms with van der Waals surface area (Å²) in [4.78, 5) is 2.48. The third-order valence-corrected chi connectivity index (χ3v) is 2.80. The molecule has 1 saturated carbocycles. The van der Waals surface area contributed by atoms with Crippen molar-refractivity contribution in [1.29, 1.82) is 0 Å². The van der Waals surface area contributed by atoms with Crippen LogP contribution in [-0.2, 0) is 0 Å². The SMILES string of the molecule is CCN(CC)[C@H]1C[C@@H](CO)C1. The Labute approximate surface area is 69.2 Å². The zero-order chi connectivity index (χ0) is 8.27. The normalized spacial score (nSPS) is 30.5. The molecule has 1 rings (SSSR count). The Kier molecular flexibility index (Phi) is 3.34. The van der Waals surface area contributed by atoms with Crippen molar-refractivity contribution in [3.05, 3.63) is 0 Å². The Bertz CT molecular complexity index is 106. The van der Waals surface area contributed by atoms with Gasteiger partial charge in [0.25, 0.3) is 0 Å². The Morgan fingerprint density at radius 2 is 1.82 bits per heavy atom. The molecular weight excluding hydrogens is 138 g/mol. The average molecular weight is 157 g/mol. The van der Waals surface area contributed by atoms with Crippen LogP contribution < -0.4 is 0 Å². The van der Waals surface area contributed by atoms with Crippen LogP contribution in [0.3, 0.4) is 0 Å². The summed E-state index contributed by atoms with van der Waals surface area (Å²) in [5, 5.41) is 8.81. The lowest BCUT2D eigenvalue weighted by Gasteiger charge is -2.41. The van der Waals surface area contributed by atoms with Crippen LogP contribution >= 0.6 is 0 Å². The van der Waals surface area contributed by atoms with Crippen molar-refractivity contribution < 1.29 is 5.11 Å². The van der Waals surface area contributed by atoms with Gasteiger partial charge in [0.1, 0.15) is 0 Å². The van der Waals surface area contributed by atoms with Crippen LogP contribution in [-0.4, -0.2) is 35.7 Å². The van der Waals surface area contributed by atoms with Gasteiger partial charge in [-0.3, -0.25) is 0 Å². The zero-order valence-electron chi connectivity index (χ0n) is 7.58. The molecule has 2 heteroatoms. The number of aliphatic hydroxyl groups is 1. The van der Waals surface area contributed by atoms with E-state index in [-0.39, 0.29) is 0 Å². The van der Waals surface area contributed by atoms with E-state index in [1.54, 1.807) is 0 Å². The lowest BCUT2D eigenvalue weighted by molar-refractivity contribution is 0.0515. The van der Waals surface area contributed by atoms with Crippen molar-refractivity contribution in [2.45, 2.75) is 32.7 Å². The molecule has 0 atom stereocenters. The molecule has 11 heavy (non-hydrogen) atoms. The Balaban J connectivity index is 2.19. The average Bonchev–Trinajstić information content (AvgIpc) is 1.95. The van der Waals surface area contributed by atoms with Crippen LogP contribution in [0.4, 0.5) is 0 Å². The first-order chi connectivity index (χ1) is 5.31. The van der Waals surface area contributed by atoms with Gasteiger partial charge in [0.15, 0.2) is 0 Å². The molecule has 1 aliphatic rings. The third-order valence-electron chi connectivity index (χ3n) is 2.80. The molecule has 0 saturated heterocycles. The van der Waals surface area contributed by atoms with E-state index in [2.05, 4.69) is 18.7 Å². The first-order valence-electron chi connectivity index (χ1n) is 4.66. The van der Waals surface area contributed by atoms with E-state index in [9.17, 15) is 0 Å². The van der Waals surface area contributed by atoms with E-state index in [1.807, 2.05) is 0 Å². The summed E-state index contributed by atoms with van der Waals surface area (Å²) in [6, 6.07) is 0.766. The van der Waals surface area contributed by atoms with Gasteiger partial charge in [-0.25, -0.2) is 0 Å². The predicted octanol–water partition coefficient (Wildman–Crippen LogP) is 1.10. The van der Waals surface area contributed by atoms with E-state index in [0.717, 1.165) is 19.1 Å². The molecule has 0 amide bonds. The van der Waals surface area contributed by atoms with Crippen LogP contribution in [0.25, 0.3) is 0 Å². The molecule has 0 aromatic rings. The summed E-state index contributed by atoms with van der Waals surface area (Å²) in [6.07, 6.45) is 2.41. The number of hydrogen-bond acceptors (Lipinski definition) is 2. The Morgan fingerprint density at radius 3 is 2.18 bits per heavy atom. The van der Waals surface area contributed by atoms with Crippen LogP contribution in [0, 0.1) is 5.92 Å². The minimum absolute atomic E-state index is 0.387. The fourth-order valence-corrected chi connectivity index (χ4v) is 1.89. The fraction of sp³-hybridized carbons (Fsp3) is 1.00. The highest BCUT2D eigenvalue weighted by Gasteiger charge is 2.31. The smallest absolute Gasteiger partial charge is 0.0460 e. The molecular formula is C9H19NO. The molecule has 1 fully saturated rings. The lowest BCUT2D eigenvalue weighted by Crippen LogP contribution is -2.45. The molecule has 0 aromatic heterocycles. The molecule has 1 aliphatic carbocycles. The van der Waals surface area contributed by atoms with E-state index in [0.29, 0.717) is 12.5 Å². The fourth-order valence-electron chi connectivity index (χ4n) is 1.89. The van der Waals surface area contributed by atoms with Crippen molar-refractivity contribution in [2.75, 3.05) is 19.7 Å². The summed E-state index contributed by atoms with van der Waals surface area (Å²) >= 11 is 0. The predicted molar refractivity (Wildman–Crippen MR) is 46.5 cm³/mol. The quantitative estimate of drug-likeness (QED) is 0.660. The van der Waals surface area contributed by atoms with Gasteiger partial charge < -0.3 is 10.0 Å². The van der Waals surface area contributed by atoms with Crippen molar-refractivity contribution in [3.8, 4) is 0 Å². The number of rotatable bonds is 4. The van der Waals surface area contributed by atoms with Gasteiger partial charge in [-0.1, -0.05) is 13.8 Å². The van der Waals surface area contributed by atoms with Crippen LogP contribution in [0.1, 0.15) is 26.7 Å². The highest BCUT2D eigenvalue weighted by atomic mass is 16.3. The van der Waals surface area contributed by atoms with E-state index in [4.69, 9.17) is 5.11 Å². The monoisotopic (exact) mass is 157 g/mol. The highest BCUT2D eigenvalue weighted by Crippen LogP contribution is 2.30. The topological polar surface area (TPSA) is 23.5 Å². The second kappa shape index (κ2) is 4.07. The minimum atomic E-state index is 0.387. The van der Waals surface area contributed by atoms with Crippen molar-refractivity contribution in [2.24, 2.45) is 5.92 Å². The van der Waals surface area contributed by atoms with Crippen LogP contribution in [0.15, 0.2) is 0 Å².